The van der Waals surface area contributed by atoms with Crippen LogP contribution in [0.4, 0.5) is 0 Å². The fourth-order valence-corrected chi connectivity index (χ4v) is 3.27. The first-order valence-electron chi connectivity index (χ1n) is 7.55. The second-order valence-corrected chi connectivity index (χ2v) is 6.22. The van der Waals surface area contributed by atoms with Crippen molar-refractivity contribution in [1.82, 2.24) is 10.2 Å². The number of carbonyl (C=O) groups is 3. The van der Waals surface area contributed by atoms with E-state index in [1.54, 1.807) is 18.2 Å². The predicted octanol–water partition coefficient (Wildman–Crippen LogP) is 1.80. The molecule has 3 rings (SSSR count). The molecule has 2 heterocycles. The van der Waals surface area contributed by atoms with Crippen LogP contribution in [-0.4, -0.2) is 29.2 Å². The molecule has 1 N–H and O–H groups in total. The number of nitrogens with one attached hydrogen (secondary N) is 1. The fourth-order valence-electron chi connectivity index (χ4n) is 3.02. The number of amides is 3. The molecular formula is C16H17ClN2O4. The van der Waals surface area contributed by atoms with Crippen molar-refractivity contribution in [2.75, 3.05) is 6.54 Å². The Morgan fingerprint density at radius 3 is 2.87 bits per heavy atom. The first-order valence-corrected chi connectivity index (χ1v) is 7.93. The highest BCUT2D eigenvalue weighted by molar-refractivity contribution is 6.30. The summed E-state index contributed by atoms with van der Waals surface area (Å²) in [5.41, 5.74) is 0. The van der Waals surface area contributed by atoms with Gasteiger partial charge in [-0.1, -0.05) is 17.7 Å². The Morgan fingerprint density at radius 2 is 2.13 bits per heavy atom. The summed E-state index contributed by atoms with van der Waals surface area (Å²) in [5.74, 6) is -0.682. The second-order valence-electron chi connectivity index (χ2n) is 5.74. The van der Waals surface area contributed by atoms with Crippen molar-refractivity contribution in [3.8, 4) is 0 Å². The van der Waals surface area contributed by atoms with Crippen molar-refractivity contribution in [3.63, 3.8) is 0 Å². The van der Waals surface area contributed by atoms with E-state index in [1.807, 2.05) is 0 Å². The topological polar surface area (TPSA) is 79.6 Å². The Labute approximate surface area is 138 Å². The predicted molar refractivity (Wildman–Crippen MR) is 82.0 cm³/mol. The summed E-state index contributed by atoms with van der Waals surface area (Å²) in [5, 5.41) is 3.33. The molecule has 0 unspecified atom stereocenters. The highest BCUT2D eigenvalue weighted by Crippen LogP contribution is 2.38. The largest absolute Gasteiger partial charge is 0.467 e. The summed E-state index contributed by atoms with van der Waals surface area (Å²) in [6.07, 6.45) is 4.32. The second kappa shape index (κ2) is 6.58. The molecule has 0 saturated carbocycles. The quantitative estimate of drug-likeness (QED) is 0.831. The average molecular weight is 337 g/mol. The lowest BCUT2D eigenvalue weighted by Gasteiger charge is -2.17. The summed E-state index contributed by atoms with van der Waals surface area (Å²) in [4.78, 5) is 37.7. The fraction of sp³-hybridized carbons (Fsp3) is 0.438. The van der Waals surface area contributed by atoms with Gasteiger partial charge < -0.3 is 9.73 Å². The van der Waals surface area contributed by atoms with Gasteiger partial charge in [-0.25, -0.2) is 0 Å². The van der Waals surface area contributed by atoms with Gasteiger partial charge in [0.25, 0.3) is 0 Å². The molecule has 0 spiro atoms. The third-order valence-corrected chi connectivity index (χ3v) is 4.57. The number of hydrogen-bond acceptors (Lipinski definition) is 4. The van der Waals surface area contributed by atoms with Crippen LogP contribution < -0.4 is 5.32 Å². The highest BCUT2D eigenvalue weighted by Gasteiger charge is 2.48. The molecule has 0 radical (unpaired) electrons. The minimum absolute atomic E-state index is 0.0821. The van der Waals surface area contributed by atoms with Crippen LogP contribution in [0.5, 0.6) is 0 Å². The number of imide groups is 1. The molecule has 1 aromatic heterocycles. The van der Waals surface area contributed by atoms with Crippen molar-refractivity contribution in [1.29, 1.82) is 0 Å². The van der Waals surface area contributed by atoms with Gasteiger partial charge in [0, 0.05) is 18.0 Å². The summed E-state index contributed by atoms with van der Waals surface area (Å²) < 4.78 is 5.12. The lowest BCUT2D eigenvalue weighted by atomic mass is 9.85. The third kappa shape index (κ3) is 3.32. The van der Waals surface area contributed by atoms with E-state index < -0.39 is 0 Å². The number of furan rings is 1. The summed E-state index contributed by atoms with van der Waals surface area (Å²) in [7, 11) is 0. The molecule has 3 amide bonds. The van der Waals surface area contributed by atoms with Crippen molar-refractivity contribution in [3.05, 3.63) is 35.3 Å². The number of nitrogens with zero attached hydrogens (tertiary/aromatic N) is 1. The van der Waals surface area contributed by atoms with Crippen molar-refractivity contribution in [2.45, 2.75) is 25.8 Å². The molecule has 0 aromatic carbocycles. The van der Waals surface area contributed by atoms with Crippen LogP contribution in [0.3, 0.4) is 0 Å². The van der Waals surface area contributed by atoms with Crippen LogP contribution in [0.2, 0.25) is 0 Å². The normalized spacial score (nSPS) is 23.7. The van der Waals surface area contributed by atoms with Gasteiger partial charge in [-0.05, 0) is 25.0 Å². The standard InChI is InChI=1S/C16H17ClN2O4/c17-10-3-4-12-13(8-10)16(22)19(15(12)21)6-5-14(20)18-9-11-2-1-7-23-11/h1-3,7,12-13H,4-6,8-9H2,(H,18,20)/t12-,13-/m1/s1. The lowest BCUT2D eigenvalue weighted by molar-refractivity contribution is -0.140. The van der Waals surface area contributed by atoms with Crippen molar-refractivity contribution in [2.24, 2.45) is 11.8 Å². The molecular weight excluding hydrogens is 320 g/mol. The molecule has 2 atom stereocenters. The number of rotatable bonds is 5. The number of halogens is 1. The van der Waals surface area contributed by atoms with Gasteiger partial charge in [-0.15, -0.1) is 0 Å². The van der Waals surface area contributed by atoms with E-state index in [1.165, 1.54) is 11.2 Å². The Bertz CT molecular complexity index is 653. The first-order chi connectivity index (χ1) is 11.1. The van der Waals surface area contributed by atoms with E-state index in [0.717, 1.165) is 0 Å². The smallest absolute Gasteiger partial charge is 0.233 e. The van der Waals surface area contributed by atoms with E-state index >= 15 is 0 Å². The monoisotopic (exact) mass is 336 g/mol. The number of carbonyl (C=O) groups excluding carboxylic acids is 3. The van der Waals surface area contributed by atoms with Gasteiger partial charge in [-0.3, -0.25) is 19.3 Å². The highest BCUT2D eigenvalue weighted by atomic mass is 35.5. The van der Waals surface area contributed by atoms with E-state index in [0.29, 0.717) is 30.2 Å². The number of hydrogen-bond donors (Lipinski definition) is 1. The van der Waals surface area contributed by atoms with Gasteiger partial charge in [0.15, 0.2) is 0 Å². The summed E-state index contributed by atoms with van der Waals surface area (Å²) in [6, 6.07) is 3.50. The van der Waals surface area contributed by atoms with Crippen LogP contribution in [-0.2, 0) is 20.9 Å². The maximum atomic E-state index is 12.3. The van der Waals surface area contributed by atoms with Gasteiger partial charge in [0.05, 0.1) is 24.6 Å². The Balaban J connectivity index is 1.51. The van der Waals surface area contributed by atoms with E-state index in [-0.39, 0.29) is 42.5 Å². The van der Waals surface area contributed by atoms with Crippen LogP contribution in [0, 0.1) is 11.8 Å². The SMILES string of the molecule is O=C(CCN1C(=O)[C@@H]2CC=C(Cl)C[C@H]2C1=O)NCc1ccco1. The molecule has 1 fully saturated rings. The minimum Gasteiger partial charge on any atom is -0.467 e. The minimum atomic E-state index is -0.369. The summed E-state index contributed by atoms with van der Waals surface area (Å²) in [6.45, 7) is 0.394. The molecule has 122 valence electrons. The van der Waals surface area contributed by atoms with E-state index in [2.05, 4.69) is 5.32 Å². The average Bonchev–Trinajstić information content (AvgIpc) is 3.12. The van der Waals surface area contributed by atoms with Crippen LogP contribution in [0.15, 0.2) is 33.9 Å². The summed E-state index contributed by atoms with van der Waals surface area (Å²) >= 11 is 5.97. The zero-order valence-electron chi connectivity index (χ0n) is 12.5. The van der Waals surface area contributed by atoms with Crippen molar-refractivity contribution < 1.29 is 18.8 Å². The van der Waals surface area contributed by atoms with Crippen LogP contribution in [0.1, 0.15) is 25.0 Å². The first kappa shape index (κ1) is 15.8. The van der Waals surface area contributed by atoms with Gasteiger partial charge in [0.1, 0.15) is 5.76 Å². The zero-order valence-corrected chi connectivity index (χ0v) is 13.2. The number of allylic oxidation sites excluding steroid dienone is 2. The maximum Gasteiger partial charge on any atom is 0.233 e. The molecule has 0 bridgehead atoms. The molecule has 2 aliphatic rings. The van der Waals surface area contributed by atoms with E-state index in [4.69, 9.17) is 16.0 Å². The third-order valence-electron chi connectivity index (χ3n) is 4.26. The van der Waals surface area contributed by atoms with Crippen molar-refractivity contribution >= 4 is 29.3 Å². The molecule has 23 heavy (non-hydrogen) atoms. The molecule has 1 saturated heterocycles. The van der Waals surface area contributed by atoms with Gasteiger partial charge in [-0.2, -0.15) is 0 Å². The van der Waals surface area contributed by atoms with Gasteiger partial charge >= 0.3 is 0 Å². The molecule has 1 aliphatic carbocycles. The Hall–Kier alpha value is -2.08. The molecule has 1 aromatic rings. The zero-order chi connectivity index (χ0) is 16.4. The Morgan fingerprint density at radius 1 is 1.35 bits per heavy atom. The van der Waals surface area contributed by atoms with E-state index in [9.17, 15) is 14.4 Å². The number of fused-ring (bicyclic) bond motifs is 1. The Kier molecular flexibility index (Phi) is 4.52. The maximum absolute atomic E-state index is 12.3. The molecule has 1 aliphatic heterocycles. The molecule has 7 heteroatoms. The van der Waals surface area contributed by atoms with Gasteiger partial charge in [0.2, 0.25) is 17.7 Å². The number of likely N-dealkylation sites (tertiary alicyclic amines) is 1. The molecule has 6 nitrogen and oxygen atoms in total. The van der Waals surface area contributed by atoms with Crippen LogP contribution >= 0.6 is 11.6 Å². The lowest BCUT2D eigenvalue weighted by Crippen LogP contribution is -2.35. The van der Waals surface area contributed by atoms with Crippen LogP contribution in [0.25, 0.3) is 0 Å².